The highest BCUT2D eigenvalue weighted by atomic mass is 35.5. The molecule has 0 aliphatic carbocycles. The Kier molecular flexibility index (Phi) is 4.18. The number of halogens is 1. The summed E-state index contributed by atoms with van der Waals surface area (Å²) in [6, 6.07) is 12.0. The molecule has 0 saturated heterocycles. The molecule has 1 amide bonds. The average molecular weight is 346 g/mol. The van der Waals surface area contributed by atoms with E-state index < -0.39 is 5.91 Å². The molecule has 3 aromatic rings. The molecule has 1 heterocycles. The fraction of sp³-hybridized carbons (Fsp3) is 0. The zero-order chi connectivity index (χ0) is 16.4. The summed E-state index contributed by atoms with van der Waals surface area (Å²) in [6.07, 6.45) is 1.69. The van der Waals surface area contributed by atoms with Crippen LogP contribution in [-0.4, -0.2) is 16.0 Å². The van der Waals surface area contributed by atoms with Gasteiger partial charge in [0, 0.05) is 16.9 Å². The van der Waals surface area contributed by atoms with Gasteiger partial charge in [-0.1, -0.05) is 29.0 Å². The van der Waals surface area contributed by atoms with Crippen LogP contribution in [0, 0.1) is 0 Å². The van der Waals surface area contributed by atoms with Gasteiger partial charge in [-0.05, 0) is 42.0 Å². The predicted octanol–water partition coefficient (Wildman–Crippen LogP) is 4.01. The zero-order valence-corrected chi connectivity index (χ0v) is 13.4. The molecule has 0 saturated carbocycles. The van der Waals surface area contributed by atoms with Crippen LogP contribution in [0.1, 0.15) is 10.4 Å². The number of hydrogen-bond acceptors (Lipinski definition) is 5. The molecular formula is C16H12ClN3O2S. The van der Waals surface area contributed by atoms with E-state index in [0.717, 1.165) is 16.1 Å². The Bertz CT molecular complexity index is 879. The van der Waals surface area contributed by atoms with Crippen LogP contribution in [0.25, 0.3) is 10.4 Å². The minimum Gasteiger partial charge on any atom is -0.507 e. The number of carbonyl (C=O) groups excluding carboxylic acids is 1. The van der Waals surface area contributed by atoms with Crippen molar-refractivity contribution in [3.05, 3.63) is 59.2 Å². The molecule has 5 nitrogen and oxygen atoms in total. The summed E-state index contributed by atoms with van der Waals surface area (Å²) in [7, 11) is 0. The summed E-state index contributed by atoms with van der Waals surface area (Å²) < 4.78 is 0. The van der Waals surface area contributed by atoms with E-state index in [1.807, 2.05) is 12.1 Å². The minimum atomic E-state index is -0.675. The van der Waals surface area contributed by atoms with E-state index in [1.54, 1.807) is 30.5 Å². The number of phenols is 1. The van der Waals surface area contributed by atoms with Gasteiger partial charge in [-0.15, -0.1) is 0 Å². The number of rotatable bonds is 4. The Balaban J connectivity index is 1.87. The molecule has 2 aromatic carbocycles. The van der Waals surface area contributed by atoms with Gasteiger partial charge in [0.15, 0.2) is 5.13 Å². The van der Waals surface area contributed by atoms with Crippen LogP contribution < -0.4 is 11.1 Å². The highest BCUT2D eigenvalue weighted by Gasteiger charge is 2.11. The highest BCUT2D eigenvalue weighted by molar-refractivity contribution is 7.18. The van der Waals surface area contributed by atoms with Gasteiger partial charge in [0.1, 0.15) is 5.75 Å². The first-order valence-corrected chi connectivity index (χ1v) is 7.84. The fourth-order valence-electron chi connectivity index (χ4n) is 2.04. The van der Waals surface area contributed by atoms with Crippen LogP contribution in [-0.2, 0) is 0 Å². The number of aromatic hydroxyl groups is 1. The van der Waals surface area contributed by atoms with Crippen LogP contribution in [0.3, 0.4) is 0 Å². The first-order chi connectivity index (χ1) is 11.0. The Labute approximate surface area is 141 Å². The normalized spacial score (nSPS) is 10.5. The lowest BCUT2D eigenvalue weighted by Gasteiger charge is -2.03. The number of nitrogens with two attached hydrogens (primary N) is 1. The largest absolute Gasteiger partial charge is 0.507 e. The van der Waals surface area contributed by atoms with Crippen LogP contribution in [0.15, 0.2) is 48.7 Å². The quantitative estimate of drug-likeness (QED) is 0.666. The SMILES string of the molecule is NC(=O)c1cc(-c2cnc(Nc3cccc(Cl)c3)s2)ccc1O. The molecule has 0 aliphatic rings. The van der Waals surface area contributed by atoms with Gasteiger partial charge in [0.2, 0.25) is 0 Å². The van der Waals surface area contributed by atoms with Gasteiger partial charge in [-0.3, -0.25) is 4.79 Å². The Hall–Kier alpha value is -2.57. The average Bonchev–Trinajstić information content (AvgIpc) is 2.96. The molecule has 0 spiro atoms. The smallest absolute Gasteiger partial charge is 0.252 e. The molecule has 0 atom stereocenters. The van der Waals surface area contributed by atoms with E-state index in [9.17, 15) is 9.90 Å². The van der Waals surface area contributed by atoms with Crippen molar-refractivity contribution in [2.75, 3.05) is 5.32 Å². The number of hydrogen-bond donors (Lipinski definition) is 3. The zero-order valence-electron chi connectivity index (χ0n) is 11.8. The van der Waals surface area contributed by atoms with Gasteiger partial charge in [-0.2, -0.15) is 0 Å². The molecule has 0 unspecified atom stereocenters. The minimum absolute atomic E-state index is 0.0836. The maximum absolute atomic E-state index is 11.3. The van der Waals surface area contributed by atoms with Crippen LogP contribution in [0.2, 0.25) is 5.02 Å². The van der Waals surface area contributed by atoms with Gasteiger partial charge < -0.3 is 16.2 Å². The molecule has 0 radical (unpaired) electrons. The first-order valence-electron chi connectivity index (χ1n) is 6.64. The summed E-state index contributed by atoms with van der Waals surface area (Å²) in [6.45, 7) is 0. The number of thiazole rings is 1. The Morgan fingerprint density at radius 3 is 2.83 bits per heavy atom. The van der Waals surface area contributed by atoms with Crippen molar-refractivity contribution >= 4 is 39.7 Å². The summed E-state index contributed by atoms with van der Waals surface area (Å²) in [4.78, 5) is 16.5. The molecule has 4 N–H and O–H groups in total. The lowest BCUT2D eigenvalue weighted by Crippen LogP contribution is -2.11. The fourth-order valence-corrected chi connectivity index (χ4v) is 3.06. The van der Waals surface area contributed by atoms with Crippen molar-refractivity contribution in [1.29, 1.82) is 0 Å². The van der Waals surface area contributed by atoms with E-state index in [-0.39, 0.29) is 11.3 Å². The van der Waals surface area contributed by atoms with Crippen molar-refractivity contribution in [3.63, 3.8) is 0 Å². The summed E-state index contributed by atoms with van der Waals surface area (Å²) in [5, 5.41) is 14.1. The molecule has 1 aromatic heterocycles. The van der Waals surface area contributed by atoms with Crippen molar-refractivity contribution in [2.45, 2.75) is 0 Å². The standard InChI is InChI=1S/C16H12ClN3O2S/c17-10-2-1-3-11(7-10)20-16-19-8-14(23-16)9-4-5-13(21)12(6-9)15(18)22/h1-8,21H,(H2,18,22)(H,19,20). The number of primary amides is 1. The molecule has 23 heavy (non-hydrogen) atoms. The number of nitrogens with one attached hydrogen (secondary N) is 1. The number of benzene rings is 2. The molecule has 0 bridgehead atoms. The first kappa shape index (κ1) is 15.3. The molecule has 0 aliphatic heterocycles. The molecule has 3 rings (SSSR count). The number of nitrogens with zero attached hydrogens (tertiary/aromatic N) is 1. The van der Waals surface area contributed by atoms with Gasteiger partial charge in [0.25, 0.3) is 5.91 Å². The summed E-state index contributed by atoms with van der Waals surface area (Å²) >= 11 is 7.36. The molecular weight excluding hydrogens is 334 g/mol. The third kappa shape index (κ3) is 3.44. The number of amides is 1. The third-order valence-corrected chi connectivity index (χ3v) is 4.33. The highest BCUT2D eigenvalue weighted by Crippen LogP contribution is 2.33. The maximum Gasteiger partial charge on any atom is 0.252 e. The second-order valence-electron chi connectivity index (χ2n) is 4.76. The maximum atomic E-state index is 11.3. The van der Waals surface area contributed by atoms with Crippen molar-refractivity contribution < 1.29 is 9.90 Å². The van der Waals surface area contributed by atoms with Crippen molar-refractivity contribution in [1.82, 2.24) is 4.98 Å². The molecule has 7 heteroatoms. The van der Waals surface area contributed by atoms with Crippen molar-refractivity contribution in [3.8, 4) is 16.2 Å². The summed E-state index contributed by atoms with van der Waals surface area (Å²) in [5.41, 5.74) is 6.92. The Morgan fingerprint density at radius 1 is 1.26 bits per heavy atom. The topological polar surface area (TPSA) is 88.2 Å². The van der Waals surface area contributed by atoms with E-state index in [2.05, 4.69) is 10.3 Å². The van der Waals surface area contributed by atoms with Gasteiger partial charge >= 0.3 is 0 Å². The number of anilines is 2. The molecule has 0 fully saturated rings. The second kappa shape index (κ2) is 6.28. The van der Waals surface area contributed by atoms with E-state index in [1.165, 1.54) is 17.4 Å². The summed E-state index contributed by atoms with van der Waals surface area (Å²) in [5.74, 6) is -0.811. The second-order valence-corrected chi connectivity index (χ2v) is 6.23. The Morgan fingerprint density at radius 2 is 2.09 bits per heavy atom. The van der Waals surface area contributed by atoms with Gasteiger partial charge in [-0.25, -0.2) is 4.98 Å². The number of aromatic nitrogens is 1. The lowest BCUT2D eigenvalue weighted by atomic mass is 10.1. The van der Waals surface area contributed by atoms with Crippen LogP contribution >= 0.6 is 22.9 Å². The lowest BCUT2D eigenvalue weighted by molar-refractivity contribution is 0.0998. The van der Waals surface area contributed by atoms with E-state index >= 15 is 0 Å². The van der Waals surface area contributed by atoms with Crippen molar-refractivity contribution in [2.24, 2.45) is 5.73 Å². The third-order valence-electron chi connectivity index (χ3n) is 3.13. The predicted molar refractivity (Wildman–Crippen MR) is 92.5 cm³/mol. The van der Waals surface area contributed by atoms with Gasteiger partial charge in [0.05, 0.1) is 10.4 Å². The monoisotopic (exact) mass is 345 g/mol. The van der Waals surface area contributed by atoms with E-state index in [4.69, 9.17) is 17.3 Å². The number of carbonyl (C=O) groups is 1. The van der Waals surface area contributed by atoms with E-state index in [0.29, 0.717) is 10.2 Å². The molecule has 116 valence electrons. The van der Waals surface area contributed by atoms with Crippen LogP contribution in [0.4, 0.5) is 10.8 Å². The van der Waals surface area contributed by atoms with Crippen LogP contribution in [0.5, 0.6) is 5.75 Å².